The largest absolute Gasteiger partial charge is 0.394 e. The number of nitrogens with zero attached hydrogens (tertiary/aromatic N) is 4. The summed E-state index contributed by atoms with van der Waals surface area (Å²) in [5.41, 5.74) is 0. The predicted octanol–water partition coefficient (Wildman–Crippen LogP) is 0.570. The summed E-state index contributed by atoms with van der Waals surface area (Å²) in [6.45, 7) is 7.56. The van der Waals surface area contributed by atoms with Gasteiger partial charge in [-0.25, -0.2) is 0 Å². The predicted molar refractivity (Wildman–Crippen MR) is 83.9 cm³/mol. The molecule has 0 bridgehead atoms. The highest BCUT2D eigenvalue weighted by Crippen LogP contribution is 2.12. The van der Waals surface area contributed by atoms with E-state index in [0.29, 0.717) is 37.6 Å². The molecule has 0 saturated heterocycles. The van der Waals surface area contributed by atoms with Gasteiger partial charge in [0.1, 0.15) is 0 Å². The molecule has 8 nitrogen and oxygen atoms in total. The maximum Gasteiger partial charge on any atom is 0.231 e. The van der Waals surface area contributed by atoms with E-state index in [1.165, 1.54) is 0 Å². The van der Waals surface area contributed by atoms with Crippen LogP contribution in [-0.2, 0) is 4.74 Å². The van der Waals surface area contributed by atoms with E-state index in [9.17, 15) is 0 Å². The van der Waals surface area contributed by atoms with Crippen molar-refractivity contribution in [2.45, 2.75) is 20.3 Å². The smallest absolute Gasteiger partial charge is 0.231 e. The molecule has 0 saturated carbocycles. The van der Waals surface area contributed by atoms with Gasteiger partial charge in [0.2, 0.25) is 17.8 Å². The fourth-order valence-electron chi connectivity index (χ4n) is 1.74. The van der Waals surface area contributed by atoms with Crippen LogP contribution in [0.2, 0.25) is 0 Å². The average Bonchev–Trinajstić information content (AvgIpc) is 2.51. The maximum absolute atomic E-state index is 8.61. The van der Waals surface area contributed by atoms with E-state index in [1.807, 2.05) is 0 Å². The van der Waals surface area contributed by atoms with Crippen LogP contribution in [-0.4, -0.2) is 66.6 Å². The van der Waals surface area contributed by atoms with Crippen LogP contribution in [0.3, 0.4) is 0 Å². The molecular formula is C13H26N6O2. The maximum atomic E-state index is 8.61. The number of nitrogens with one attached hydrogen (secondary N) is 2. The molecule has 0 atom stereocenters. The highest BCUT2D eigenvalue weighted by Gasteiger charge is 2.10. The van der Waals surface area contributed by atoms with E-state index in [2.05, 4.69) is 44.3 Å². The van der Waals surface area contributed by atoms with Gasteiger partial charge in [-0.3, -0.25) is 0 Å². The molecule has 1 aromatic rings. The average molecular weight is 298 g/mol. The lowest BCUT2D eigenvalue weighted by atomic mass is 10.4. The van der Waals surface area contributed by atoms with E-state index in [0.717, 1.165) is 19.5 Å². The molecule has 0 unspecified atom stereocenters. The fraction of sp³-hybridized carbons (Fsp3) is 0.769. The summed E-state index contributed by atoms with van der Waals surface area (Å²) in [6.07, 6.45) is 0.821. The Labute approximate surface area is 126 Å². The number of hydrogen-bond donors (Lipinski definition) is 3. The van der Waals surface area contributed by atoms with Gasteiger partial charge in [0.05, 0.1) is 13.2 Å². The molecule has 0 aliphatic heterocycles. The normalized spacial score (nSPS) is 10.5. The minimum atomic E-state index is 0.0552. The highest BCUT2D eigenvalue weighted by molar-refractivity contribution is 5.43. The SMILES string of the molecule is CCN(CC)c1nc(NC)nc(NCCCOCCO)n1. The van der Waals surface area contributed by atoms with Crippen LogP contribution in [0, 0.1) is 0 Å². The molecule has 21 heavy (non-hydrogen) atoms. The third-order valence-corrected chi connectivity index (χ3v) is 2.88. The van der Waals surface area contributed by atoms with Crippen LogP contribution in [0.1, 0.15) is 20.3 Å². The molecule has 0 aliphatic rings. The molecule has 1 heterocycles. The summed E-state index contributed by atoms with van der Waals surface area (Å²) in [7, 11) is 1.79. The molecule has 0 fully saturated rings. The summed E-state index contributed by atoms with van der Waals surface area (Å²) in [5.74, 6) is 1.77. The van der Waals surface area contributed by atoms with Gasteiger partial charge in [0.25, 0.3) is 0 Å². The summed E-state index contributed by atoms with van der Waals surface area (Å²) in [5, 5.41) is 14.7. The van der Waals surface area contributed by atoms with Crippen LogP contribution in [0.25, 0.3) is 0 Å². The van der Waals surface area contributed by atoms with Crippen molar-refractivity contribution in [2.75, 3.05) is 62.0 Å². The zero-order valence-corrected chi connectivity index (χ0v) is 13.1. The second kappa shape index (κ2) is 10.1. The minimum Gasteiger partial charge on any atom is -0.394 e. The molecular weight excluding hydrogens is 272 g/mol. The fourth-order valence-corrected chi connectivity index (χ4v) is 1.74. The first-order valence-corrected chi connectivity index (χ1v) is 7.36. The van der Waals surface area contributed by atoms with E-state index < -0.39 is 0 Å². The topological polar surface area (TPSA) is 95.4 Å². The molecule has 0 spiro atoms. The van der Waals surface area contributed by atoms with E-state index in [-0.39, 0.29) is 6.61 Å². The molecule has 0 amide bonds. The third kappa shape index (κ3) is 6.09. The van der Waals surface area contributed by atoms with E-state index >= 15 is 0 Å². The van der Waals surface area contributed by atoms with Gasteiger partial charge in [-0.2, -0.15) is 15.0 Å². The Balaban J connectivity index is 2.58. The molecule has 0 aliphatic carbocycles. The number of anilines is 3. The van der Waals surface area contributed by atoms with Gasteiger partial charge in [-0.15, -0.1) is 0 Å². The number of aliphatic hydroxyl groups excluding tert-OH is 1. The number of hydrogen-bond acceptors (Lipinski definition) is 8. The Hall–Kier alpha value is -1.67. The van der Waals surface area contributed by atoms with Crippen molar-refractivity contribution in [3.05, 3.63) is 0 Å². The lowest BCUT2D eigenvalue weighted by Crippen LogP contribution is -2.25. The number of rotatable bonds is 11. The van der Waals surface area contributed by atoms with Crippen molar-refractivity contribution in [3.8, 4) is 0 Å². The zero-order valence-electron chi connectivity index (χ0n) is 13.1. The molecule has 0 aromatic carbocycles. The highest BCUT2D eigenvalue weighted by atomic mass is 16.5. The number of aliphatic hydroxyl groups is 1. The Morgan fingerprint density at radius 3 is 2.43 bits per heavy atom. The monoisotopic (exact) mass is 298 g/mol. The molecule has 3 N–H and O–H groups in total. The lowest BCUT2D eigenvalue weighted by Gasteiger charge is -2.19. The van der Waals surface area contributed by atoms with Crippen LogP contribution in [0.15, 0.2) is 0 Å². The molecule has 0 radical (unpaired) electrons. The van der Waals surface area contributed by atoms with Crippen LogP contribution >= 0.6 is 0 Å². The first-order valence-electron chi connectivity index (χ1n) is 7.36. The van der Waals surface area contributed by atoms with Gasteiger partial charge in [0, 0.05) is 33.3 Å². The first-order chi connectivity index (χ1) is 10.2. The van der Waals surface area contributed by atoms with E-state index in [4.69, 9.17) is 9.84 Å². The first kappa shape index (κ1) is 17.4. The Kier molecular flexibility index (Phi) is 8.37. The quantitative estimate of drug-likeness (QED) is 0.510. The Morgan fingerprint density at radius 1 is 1.10 bits per heavy atom. The van der Waals surface area contributed by atoms with Crippen molar-refractivity contribution in [1.82, 2.24) is 15.0 Å². The molecule has 120 valence electrons. The number of aromatic nitrogens is 3. The second-order valence-corrected chi connectivity index (χ2v) is 4.32. The number of ether oxygens (including phenoxy) is 1. The lowest BCUT2D eigenvalue weighted by molar-refractivity contribution is 0.0921. The standard InChI is InChI=1S/C13H26N6O2/c1-4-19(5-2)13-17-11(14-3)16-12(18-13)15-7-6-9-21-10-8-20/h20H,4-10H2,1-3H3,(H2,14,15,16,17,18). The van der Waals surface area contributed by atoms with Crippen molar-refractivity contribution in [3.63, 3.8) is 0 Å². The summed E-state index contributed by atoms with van der Waals surface area (Å²) in [4.78, 5) is 15.1. The van der Waals surface area contributed by atoms with Gasteiger partial charge in [0.15, 0.2) is 0 Å². The Bertz CT molecular complexity index is 400. The van der Waals surface area contributed by atoms with Crippen molar-refractivity contribution >= 4 is 17.8 Å². The third-order valence-electron chi connectivity index (χ3n) is 2.88. The van der Waals surface area contributed by atoms with Gasteiger partial charge in [-0.05, 0) is 20.3 Å². The minimum absolute atomic E-state index is 0.0552. The Morgan fingerprint density at radius 2 is 1.81 bits per heavy atom. The summed E-state index contributed by atoms with van der Waals surface area (Å²) >= 11 is 0. The van der Waals surface area contributed by atoms with Gasteiger partial charge in [-0.1, -0.05) is 0 Å². The van der Waals surface area contributed by atoms with Crippen LogP contribution in [0.4, 0.5) is 17.8 Å². The van der Waals surface area contributed by atoms with Gasteiger partial charge < -0.3 is 25.4 Å². The van der Waals surface area contributed by atoms with Crippen molar-refractivity contribution in [1.29, 1.82) is 0 Å². The summed E-state index contributed by atoms with van der Waals surface area (Å²) in [6, 6.07) is 0. The van der Waals surface area contributed by atoms with Crippen LogP contribution in [0.5, 0.6) is 0 Å². The molecule has 1 rings (SSSR count). The molecule has 8 heteroatoms. The second-order valence-electron chi connectivity index (χ2n) is 4.32. The van der Waals surface area contributed by atoms with Crippen LogP contribution < -0.4 is 15.5 Å². The van der Waals surface area contributed by atoms with Crippen molar-refractivity contribution in [2.24, 2.45) is 0 Å². The zero-order chi connectivity index (χ0) is 15.5. The summed E-state index contributed by atoms with van der Waals surface area (Å²) < 4.78 is 5.20. The van der Waals surface area contributed by atoms with E-state index in [1.54, 1.807) is 7.05 Å². The van der Waals surface area contributed by atoms with Crippen molar-refractivity contribution < 1.29 is 9.84 Å². The molecule has 1 aromatic heterocycles. The van der Waals surface area contributed by atoms with Gasteiger partial charge >= 0.3 is 0 Å².